The quantitative estimate of drug-likeness (QED) is 0.842. The van der Waals surface area contributed by atoms with Gasteiger partial charge >= 0.3 is 0 Å². The predicted molar refractivity (Wildman–Crippen MR) is 77.9 cm³/mol. The summed E-state index contributed by atoms with van der Waals surface area (Å²) in [6.07, 6.45) is 2.49. The van der Waals surface area contributed by atoms with Crippen LogP contribution >= 0.6 is 0 Å². The van der Waals surface area contributed by atoms with E-state index >= 15 is 0 Å². The lowest BCUT2D eigenvalue weighted by molar-refractivity contribution is 0.383. The van der Waals surface area contributed by atoms with E-state index in [-0.39, 0.29) is 6.04 Å². The van der Waals surface area contributed by atoms with Crippen molar-refractivity contribution in [3.05, 3.63) is 36.4 Å². The largest absolute Gasteiger partial charge is 0.384 e. The van der Waals surface area contributed by atoms with Crippen molar-refractivity contribution >= 4 is 15.7 Å². The molecule has 0 saturated carbocycles. The molecule has 0 amide bonds. The predicted octanol–water partition coefficient (Wildman–Crippen LogP) is 2.24. The first-order chi connectivity index (χ1) is 8.96. The minimum Gasteiger partial charge on any atom is -0.384 e. The summed E-state index contributed by atoms with van der Waals surface area (Å²) >= 11 is 0. The summed E-state index contributed by atoms with van der Waals surface area (Å²) in [5.74, 6) is 0. The molecule has 0 atom stereocenters. The zero-order valence-electron chi connectivity index (χ0n) is 11.4. The zero-order chi connectivity index (χ0) is 14.0. The first kappa shape index (κ1) is 14.1. The average Bonchev–Trinajstić information content (AvgIpc) is 2.82. The van der Waals surface area contributed by atoms with Crippen LogP contribution in [-0.2, 0) is 16.4 Å². The minimum absolute atomic E-state index is 0.0885. The van der Waals surface area contributed by atoms with Crippen LogP contribution < -0.4 is 5.32 Å². The normalized spacial score (nSPS) is 14.5. The maximum Gasteiger partial charge on any atom is 0.243 e. The summed E-state index contributed by atoms with van der Waals surface area (Å²) < 4.78 is 26.7. The summed E-state index contributed by atoms with van der Waals surface area (Å²) in [5.41, 5.74) is 2.11. The third kappa shape index (κ3) is 2.67. The van der Waals surface area contributed by atoms with Crippen LogP contribution in [0.3, 0.4) is 0 Å². The molecule has 0 saturated heterocycles. The lowest BCUT2D eigenvalue weighted by atomic mass is 10.2. The summed E-state index contributed by atoms with van der Waals surface area (Å²) in [7, 11) is -3.45. The molecule has 5 heteroatoms. The number of anilines is 1. The summed E-state index contributed by atoms with van der Waals surface area (Å²) in [6, 6.07) is 5.21. The maximum absolute atomic E-state index is 12.6. The Morgan fingerprint density at radius 1 is 1.47 bits per heavy atom. The van der Waals surface area contributed by atoms with Crippen LogP contribution in [0.15, 0.2) is 35.7 Å². The number of hydrogen-bond donors (Lipinski definition) is 1. The fourth-order valence-electron chi connectivity index (χ4n) is 2.29. The van der Waals surface area contributed by atoms with Crippen LogP contribution in [0, 0.1) is 0 Å². The zero-order valence-corrected chi connectivity index (χ0v) is 12.2. The van der Waals surface area contributed by atoms with Crippen molar-refractivity contribution in [3.63, 3.8) is 0 Å². The summed E-state index contributed by atoms with van der Waals surface area (Å²) in [6.45, 7) is 8.58. The molecule has 0 spiro atoms. The second-order valence-corrected chi connectivity index (χ2v) is 6.84. The Kier molecular flexibility index (Phi) is 3.96. The fraction of sp³-hybridized carbons (Fsp3) is 0.429. The maximum atomic E-state index is 12.6. The van der Waals surface area contributed by atoms with Crippen molar-refractivity contribution in [1.29, 1.82) is 0 Å². The molecule has 0 bridgehead atoms. The molecule has 1 aromatic carbocycles. The van der Waals surface area contributed by atoms with Gasteiger partial charge in [-0.2, -0.15) is 4.31 Å². The minimum atomic E-state index is -3.45. The van der Waals surface area contributed by atoms with Crippen molar-refractivity contribution < 1.29 is 8.42 Å². The van der Waals surface area contributed by atoms with Crippen LogP contribution in [-0.4, -0.2) is 31.9 Å². The van der Waals surface area contributed by atoms with Crippen molar-refractivity contribution in [1.82, 2.24) is 4.31 Å². The fourth-order valence-corrected chi connectivity index (χ4v) is 3.95. The van der Waals surface area contributed by atoms with Gasteiger partial charge in [-0.1, -0.05) is 6.08 Å². The summed E-state index contributed by atoms with van der Waals surface area (Å²) in [4.78, 5) is 0.366. The molecule has 1 heterocycles. The highest BCUT2D eigenvalue weighted by molar-refractivity contribution is 7.89. The van der Waals surface area contributed by atoms with E-state index in [1.807, 2.05) is 19.9 Å². The molecule has 4 nitrogen and oxygen atoms in total. The van der Waals surface area contributed by atoms with Gasteiger partial charge in [0.25, 0.3) is 0 Å². The molecule has 1 aliphatic rings. The Morgan fingerprint density at radius 3 is 2.84 bits per heavy atom. The van der Waals surface area contributed by atoms with E-state index in [9.17, 15) is 8.42 Å². The van der Waals surface area contributed by atoms with Gasteiger partial charge in [0.1, 0.15) is 0 Å². The highest BCUT2D eigenvalue weighted by Crippen LogP contribution is 2.27. The molecular formula is C14H20N2O2S. The number of fused-ring (bicyclic) bond motifs is 1. The van der Waals surface area contributed by atoms with E-state index in [1.165, 1.54) is 4.31 Å². The van der Waals surface area contributed by atoms with E-state index in [2.05, 4.69) is 11.9 Å². The van der Waals surface area contributed by atoms with Crippen molar-refractivity contribution in [3.8, 4) is 0 Å². The van der Waals surface area contributed by atoms with Crippen LogP contribution in [0.25, 0.3) is 0 Å². The molecule has 0 aliphatic carbocycles. The highest BCUT2D eigenvalue weighted by Gasteiger charge is 2.27. The van der Waals surface area contributed by atoms with E-state index in [1.54, 1.807) is 18.2 Å². The standard InChI is InChI=1S/C14H20N2O2S/c1-4-9-16(11(2)3)19(17,18)13-5-6-14-12(10-13)7-8-15-14/h4-6,10-11,15H,1,7-9H2,2-3H3. The van der Waals surface area contributed by atoms with E-state index in [0.717, 1.165) is 24.2 Å². The number of nitrogens with one attached hydrogen (secondary N) is 1. The molecule has 0 radical (unpaired) electrons. The molecule has 0 aromatic heterocycles. The smallest absolute Gasteiger partial charge is 0.243 e. The first-order valence-corrected chi connectivity index (χ1v) is 7.90. The van der Waals surface area contributed by atoms with Gasteiger partial charge in [0.15, 0.2) is 0 Å². The van der Waals surface area contributed by atoms with E-state index in [4.69, 9.17) is 0 Å². The molecule has 0 fully saturated rings. The molecule has 1 N–H and O–H groups in total. The van der Waals surface area contributed by atoms with Crippen LogP contribution in [0.4, 0.5) is 5.69 Å². The van der Waals surface area contributed by atoms with E-state index < -0.39 is 10.0 Å². The van der Waals surface area contributed by atoms with Gasteiger partial charge in [0.05, 0.1) is 4.90 Å². The molecular weight excluding hydrogens is 260 g/mol. The van der Waals surface area contributed by atoms with Gasteiger partial charge in [-0.25, -0.2) is 8.42 Å². The summed E-state index contributed by atoms with van der Waals surface area (Å²) in [5, 5.41) is 3.23. The van der Waals surface area contributed by atoms with Gasteiger partial charge in [0, 0.05) is 24.8 Å². The molecule has 0 unspecified atom stereocenters. The van der Waals surface area contributed by atoms with Gasteiger partial charge in [-0.15, -0.1) is 6.58 Å². The molecule has 2 rings (SSSR count). The van der Waals surface area contributed by atoms with Gasteiger partial charge in [0.2, 0.25) is 10.0 Å². The Bertz CT molecular complexity index is 579. The second-order valence-electron chi connectivity index (χ2n) is 4.95. The Hall–Kier alpha value is -1.33. The molecule has 1 aliphatic heterocycles. The van der Waals surface area contributed by atoms with Gasteiger partial charge in [-0.05, 0) is 44.0 Å². The number of rotatable bonds is 5. The molecule has 19 heavy (non-hydrogen) atoms. The van der Waals surface area contributed by atoms with Gasteiger partial charge < -0.3 is 5.32 Å². The van der Waals surface area contributed by atoms with Gasteiger partial charge in [-0.3, -0.25) is 0 Å². The Morgan fingerprint density at radius 2 is 2.21 bits per heavy atom. The van der Waals surface area contributed by atoms with Crippen LogP contribution in [0.1, 0.15) is 19.4 Å². The third-order valence-electron chi connectivity index (χ3n) is 3.28. The topological polar surface area (TPSA) is 49.4 Å². The van der Waals surface area contributed by atoms with Crippen molar-refractivity contribution in [2.75, 3.05) is 18.4 Å². The number of hydrogen-bond acceptors (Lipinski definition) is 3. The number of benzene rings is 1. The Balaban J connectivity index is 2.40. The lowest BCUT2D eigenvalue weighted by Gasteiger charge is -2.24. The monoisotopic (exact) mass is 280 g/mol. The lowest BCUT2D eigenvalue weighted by Crippen LogP contribution is -2.37. The van der Waals surface area contributed by atoms with Crippen LogP contribution in [0.5, 0.6) is 0 Å². The van der Waals surface area contributed by atoms with Crippen LogP contribution in [0.2, 0.25) is 0 Å². The number of sulfonamides is 1. The average molecular weight is 280 g/mol. The molecule has 1 aromatic rings. The second kappa shape index (κ2) is 5.35. The molecule has 104 valence electrons. The third-order valence-corrected chi connectivity index (χ3v) is 5.32. The Labute approximate surface area is 115 Å². The van der Waals surface area contributed by atoms with Crippen molar-refractivity contribution in [2.24, 2.45) is 0 Å². The number of nitrogens with zero attached hydrogens (tertiary/aromatic N) is 1. The van der Waals surface area contributed by atoms with E-state index in [0.29, 0.717) is 11.4 Å². The first-order valence-electron chi connectivity index (χ1n) is 6.46. The SMILES string of the molecule is C=CCN(C(C)C)S(=O)(=O)c1ccc2c(c1)CCN2. The highest BCUT2D eigenvalue weighted by atomic mass is 32.2. The van der Waals surface area contributed by atoms with Crippen molar-refractivity contribution in [2.45, 2.75) is 31.2 Å².